The average molecular weight is 510 g/mol. The number of hydrogen-bond donors (Lipinski definition) is 1. The van der Waals surface area contributed by atoms with Crippen LogP contribution < -0.4 is 4.90 Å². The summed E-state index contributed by atoms with van der Waals surface area (Å²) in [4.78, 5) is 47.6. The Labute approximate surface area is 217 Å². The average Bonchev–Trinajstić information content (AvgIpc) is 3.19. The van der Waals surface area contributed by atoms with Crippen molar-refractivity contribution in [3.05, 3.63) is 54.6 Å². The van der Waals surface area contributed by atoms with Crippen LogP contribution in [0, 0.1) is 11.8 Å². The third-order valence-electron chi connectivity index (χ3n) is 7.90. The van der Waals surface area contributed by atoms with Crippen molar-refractivity contribution in [3.63, 3.8) is 0 Å². The molecule has 8 heteroatoms. The molecule has 5 rings (SSSR count). The van der Waals surface area contributed by atoms with E-state index in [1.165, 1.54) is 0 Å². The highest BCUT2D eigenvalue weighted by molar-refractivity contribution is 8.02. The number of thioether (sulfide) groups is 1. The molecule has 7 nitrogen and oxygen atoms in total. The number of unbranched alkanes of at least 4 members (excludes halogenated alkanes) is 2. The van der Waals surface area contributed by atoms with E-state index >= 15 is 0 Å². The fourth-order valence-electron chi connectivity index (χ4n) is 6.21. The third kappa shape index (κ3) is 4.08. The highest BCUT2D eigenvalue weighted by Gasteiger charge is 2.70. The molecule has 36 heavy (non-hydrogen) atoms. The Bertz CT molecular complexity index is 1060. The van der Waals surface area contributed by atoms with Gasteiger partial charge in [-0.2, -0.15) is 0 Å². The zero-order valence-corrected chi connectivity index (χ0v) is 21.6. The molecule has 2 fully saturated rings. The van der Waals surface area contributed by atoms with Gasteiger partial charge in [-0.25, -0.2) is 0 Å². The Morgan fingerprint density at radius 2 is 1.78 bits per heavy atom. The number of aliphatic hydroxyl groups excluding tert-OH is 1. The summed E-state index contributed by atoms with van der Waals surface area (Å²) in [5.41, 5.74) is 0.818. The number of hydrogen-bond acceptors (Lipinski definition) is 5. The lowest BCUT2D eigenvalue weighted by Crippen LogP contribution is -2.53. The SMILES string of the molecule is CCCCN1CC=C[C@]23S[C@@H]4C=CCN(c5ccccc5)C(=O)[C@@H]4[C@H]2C(=O)N(CCCCO)C3C1=O. The number of rotatable bonds is 8. The van der Waals surface area contributed by atoms with Gasteiger partial charge in [0, 0.05) is 43.7 Å². The molecule has 0 aliphatic carbocycles. The Kier molecular flexibility index (Phi) is 7.26. The van der Waals surface area contributed by atoms with Gasteiger partial charge in [-0.1, -0.05) is 55.8 Å². The minimum absolute atomic E-state index is 0.0198. The van der Waals surface area contributed by atoms with E-state index in [9.17, 15) is 19.5 Å². The molecule has 4 heterocycles. The van der Waals surface area contributed by atoms with E-state index in [1.807, 2.05) is 47.4 Å². The van der Waals surface area contributed by atoms with Crippen molar-refractivity contribution >= 4 is 35.2 Å². The van der Waals surface area contributed by atoms with E-state index in [4.69, 9.17) is 0 Å². The number of anilines is 1. The lowest BCUT2D eigenvalue weighted by Gasteiger charge is -2.35. The first-order valence-corrected chi connectivity index (χ1v) is 14.0. The molecular formula is C28H35N3O4S. The van der Waals surface area contributed by atoms with Crippen LogP contribution in [-0.4, -0.2) is 81.5 Å². The molecule has 0 aromatic heterocycles. The van der Waals surface area contributed by atoms with Crippen LogP contribution in [0.1, 0.15) is 32.6 Å². The summed E-state index contributed by atoms with van der Waals surface area (Å²) < 4.78 is -0.774. The van der Waals surface area contributed by atoms with Crippen LogP contribution in [0.3, 0.4) is 0 Å². The Balaban J connectivity index is 1.55. The van der Waals surface area contributed by atoms with Gasteiger partial charge in [0.2, 0.25) is 17.7 Å². The van der Waals surface area contributed by atoms with Crippen molar-refractivity contribution in [1.29, 1.82) is 0 Å². The Morgan fingerprint density at radius 3 is 2.53 bits per heavy atom. The smallest absolute Gasteiger partial charge is 0.247 e. The molecule has 1 unspecified atom stereocenters. The largest absolute Gasteiger partial charge is 0.396 e. The normalized spacial score (nSPS) is 31.4. The predicted molar refractivity (Wildman–Crippen MR) is 141 cm³/mol. The van der Waals surface area contributed by atoms with Crippen molar-refractivity contribution in [2.24, 2.45) is 11.8 Å². The highest BCUT2D eigenvalue weighted by Crippen LogP contribution is 2.61. The minimum Gasteiger partial charge on any atom is -0.396 e. The molecule has 3 amide bonds. The van der Waals surface area contributed by atoms with Crippen LogP contribution in [0.25, 0.3) is 0 Å². The molecule has 4 aliphatic heterocycles. The molecule has 4 aliphatic rings. The zero-order valence-electron chi connectivity index (χ0n) is 20.8. The second kappa shape index (κ2) is 10.4. The van der Waals surface area contributed by atoms with E-state index < -0.39 is 22.6 Å². The van der Waals surface area contributed by atoms with Crippen molar-refractivity contribution in [2.45, 2.75) is 48.6 Å². The molecule has 5 atom stereocenters. The van der Waals surface area contributed by atoms with Crippen LogP contribution in [0.5, 0.6) is 0 Å². The molecule has 1 spiro atoms. The molecule has 0 radical (unpaired) electrons. The first kappa shape index (κ1) is 25.1. The van der Waals surface area contributed by atoms with Crippen LogP contribution in [0.15, 0.2) is 54.6 Å². The molecule has 192 valence electrons. The van der Waals surface area contributed by atoms with Gasteiger partial charge in [-0.3, -0.25) is 14.4 Å². The fraction of sp³-hybridized carbons (Fsp3) is 0.536. The number of benzene rings is 1. The van der Waals surface area contributed by atoms with E-state index in [2.05, 4.69) is 19.1 Å². The molecular weight excluding hydrogens is 474 g/mol. The van der Waals surface area contributed by atoms with Crippen LogP contribution in [-0.2, 0) is 14.4 Å². The lowest BCUT2D eigenvalue weighted by molar-refractivity contribution is -0.142. The Hall–Kier alpha value is -2.58. The lowest BCUT2D eigenvalue weighted by atomic mass is 9.78. The van der Waals surface area contributed by atoms with E-state index in [0.29, 0.717) is 39.0 Å². The number of carbonyl (C=O) groups excluding carboxylic acids is 3. The number of fused-ring (bicyclic) bond motifs is 2. The van der Waals surface area contributed by atoms with Crippen molar-refractivity contribution in [2.75, 3.05) is 37.7 Å². The number of para-hydroxylation sites is 1. The first-order chi connectivity index (χ1) is 17.5. The molecule has 2 saturated heterocycles. The summed E-state index contributed by atoms with van der Waals surface area (Å²) >= 11 is 1.62. The Morgan fingerprint density at radius 1 is 0.972 bits per heavy atom. The molecule has 1 aromatic carbocycles. The van der Waals surface area contributed by atoms with Gasteiger partial charge in [0.15, 0.2) is 0 Å². The summed E-state index contributed by atoms with van der Waals surface area (Å²) in [6, 6.07) is 8.96. The number of likely N-dealkylation sites (tertiary alicyclic amines) is 1. The second-order valence-electron chi connectivity index (χ2n) is 10.1. The van der Waals surface area contributed by atoms with Crippen molar-refractivity contribution < 1.29 is 19.5 Å². The summed E-state index contributed by atoms with van der Waals surface area (Å²) in [7, 11) is 0. The van der Waals surface area contributed by atoms with Crippen molar-refractivity contribution in [3.8, 4) is 0 Å². The number of amides is 3. The van der Waals surface area contributed by atoms with Gasteiger partial charge < -0.3 is 19.8 Å². The predicted octanol–water partition coefficient (Wildman–Crippen LogP) is 2.86. The number of aliphatic hydroxyl groups is 1. The topological polar surface area (TPSA) is 81.2 Å². The minimum atomic E-state index is -0.774. The standard InChI is InChI=1S/C28H35N3O4S/c1-2-3-15-29-16-10-14-28-23(26(34)31(17-7-8-19-32)24(28)27(29)35)22-21(36-28)13-9-18-30(25(22)33)20-11-5-4-6-12-20/h4-6,9-14,21-24,32H,2-3,7-8,15-19H2,1H3/t21-,22+,23+,24?,28+/m1/s1. The van der Waals surface area contributed by atoms with Crippen LogP contribution in [0.2, 0.25) is 0 Å². The van der Waals surface area contributed by atoms with Gasteiger partial charge in [0.1, 0.15) is 6.04 Å². The van der Waals surface area contributed by atoms with E-state index in [0.717, 1.165) is 18.5 Å². The first-order valence-electron chi connectivity index (χ1n) is 13.1. The van der Waals surface area contributed by atoms with Gasteiger partial charge >= 0.3 is 0 Å². The maximum atomic E-state index is 14.1. The maximum Gasteiger partial charge on any atom is 0.247 e. The maximum absolute atomic E-state index is 14.1. The van der Waals surface area contributed by atoms with E-state index in [1.54, 1.807) is 21.6 Å². The summed E-state index contributed by atoms with van der Waals surface area (Å²) in [5, 5.41) is 9.18. The fourth-order valence-corrected chi connectivity index (χ4v) is 8.21. The monoisotopic (exact) mass is 509 g/mol. The molecule has 0 bridgehead atoms. The zero-order chi connectivity index (χ0) is 25.3. The summed E-state index contributed by atoms with van der Waals surface area (Å²) in [6.45, 7) is 4.22. The molecule has 1 N–H and O–H groups in total. The van der Waals surface area contributed by atoms with Gasteiger partial charge in [-0.05, 0) is 31.4 Å². The third-order valence-corrected chi connectivity index (χ3v) is 9.64. The van der Waals surface area contributed by atoms with Gasteiger partial charge in [-0.15, -0.1) is 11.8 Å². The summed E-state index contributed by atoms with van der Waals surface area (Å²) in [5.74, 6) is -1.31. The summed E-state index contributed by atoms with van der Waals surface area (Å²) in [6.07, 6.45) is 11.3. The second-order valence-corrected chi connectivity index (χ2v) is 11.5. The number of carbonyl (C=O) groups is 3. The highest BCUT2D eigenvalue weighted by atomic mass is 32.2. The van der Waals surface area contributed by atoms with Crippen LogP contribution >= 0.6 is 11.8 Å². The molecule has 1 aromatic rings. The molecule has 0 saturated carbocycles. The quantitative estimate of drug-likeness (QED) is 0.431. The number of nitrogens with zero attached hydrogens (tertiary/aromatic N) is 3. The van der Waals surface area contributed by atoms with Gasteiger partial charge in [0.25, 0.3) is 0 Å². The van der Waals surface area contributed by atoms with E-state index in [-0.39, 0.29) is 29.6 Å². The van der Waals surface area contributed by atoms with Gasteiger partial charge in [0.05, 0.1) is 16.6 Å². The van der Waals surface area contributed by atoms with Crippen LogP contribution in [0.4, 0.5) is 5.69 Å². The van der Waals surface area contributed by atoms with Crippen molar-refractivity contribution in [1.82, 2.24) is 9.80 Å².